The van der Waals surface area contributed by atoms with Crippen LogP contribution in [-0.4, -0.2) is 49.6 Å². The van der Waals surface area contributed by atoms with Crippen molar-refractivity contribution in [2.75, 3.05) is 26.7 Å². The Bertz CT molecular complexity index is 265. The highest BCUT2D eigenvalue weighted by molar-refractivity contribution is 5.76. The maximum atomic E-state index is 11.7. The van der Waals surface area contributed by atoms with Gasteiger partial charge in [0.1, 0.15) is 0 Å². The third-order valence-corrected chi connectivity index (χ3v) is 3.24. The molecule has 0 aliphatic heterocycles. The molecule has 0 aromatic carbocycles. The van der Waals surface area contributed by atoms with E-state index in [1.807, 2.05) is 27.7 Å². The number of amides is 1. The number of nitrogens with one attached hydrogen (secondary N) is 1. The number of ether oxygens (including phenoxy) is 1. The van der Waals surface area contributed by atoms with E-state index in [1.54, 1.807) is 4.90 Å². The average molecular weight is 258 g/mol. The number of hydrogen-bond donors (Lipinski definition) is 1. The SMILES string of the molecule is CCN(CC)C(=O)CCNC(C)C(C)C(=O)OC. The lowest BCUT2D eigenvalue weighted by atomic mass is 10.0. The van der Waals surface area contributed by atoms with Crippen LogP contribution in [0.2, 0.25) is 0 Å². The van der Waals surface area contributed by atoms with Crippen molar-refractivity contribution in [2.45, 2.75) is 40.2 Å². The molecule has 18 heavy (non-hydrogen) atoms. The lowest BCUT2D eigenvalue weighted by molar-refractivity contribution is -0.145. The first-order chi connectivity index (χ1) is 8.47. The van der Waals surface area contributed by atoms with Crippen molar-refractivity contribution in [3.8, 4) is 0 Å². The first kappa shape index (κ1) is 16.9. The van der Waals surface area contributed by atoms with E-state index in [4.69, 9.17) is 0 Å². The summed E-state index contributed by atoms with van der Waals surface area (Å²) in [6, 6.07) is 0.00181. The third kappa shape index (κ3) is 5.49. The molecule has 0 rings (SSSR count). The summed E-state index contributed by atoms with van der Waals surface area (Å²) in [5.74, 6) is -0.297. The molecule has 0 saturated carbocycles. The molecular weight excluding hydrogens is 232 g/mol. The first-order valence-corrected chi connectivity index (χ1v) is 6.56. The van der Waals surface area contributed by atoms with Gasteiger partial charge in [-0.05, 0) is 20.8 Å². The fraction of sp³-hybridized carbons (Fsp3) is 0.846. The summed E-state index contributed by atoms with van der Waals surface area (Å²) < 4.78 is 4.68. The zero-order chi connectivity index (χ0) is 14.1. The number of hydrogen-bond acceptors (Lipinski definition) is 4. The highest BCUT2D eigenvalue weighted by Crippen LogP contribution is 2.04. The number of carbonyl (C=O) groups is 2. The minimum atomic E-state index is -0.231. The standard InChI is InChI=1S/C13H26N2O3/c1-6-15(7-2)12(16)8-9-14-11(4)10(3)13(17)18-5/h10-11,14H,6-9H2,1-5H3. The Morgan fingerprint density at radius 3 is 2.22 bits per heavy atom. The second-order valence-corrected chi connectivity index (χ2v) is 4.37. The largest absolute Gasteiger partial charge is 0.469 e. The van der Waals surface area contributed by atoms with Gasteiger partial charge >= 0.3 is 5.97 Å². The third-order valence-electron chi connectivity index (χ3n) is 3.24. The maximum absolute atomic E-state index is 11.7. The molecule has 0 fully saturated rings. The molecule has 0 aliphatic rings. The number of nitrogens with zero attached hydrogens (tertiary/aromatic N) is 1. The van der Waals surface area contributed by atoms with E-state index >= 15 is 0 Å². The summed E-state index contributed by atoms with van der Waals surface area (Å²) in [4.78, 5) is 24.9. The molecule has 0 bridgehead atoms. The van der Waals surface area contributed by atoms with Crippen LogP contribution in [0.3, 0.4) is 0 Å². The molecule has 0 radical (unpaired) electrons. The molecule has 2 unspecified atom stereocenters. The van der Waals surface area contributed by atoms with Crippen LogP contribution in [0.15, 0.2) is 0 Å². The normalized spacial score (nSPS) is 13.8. The lowest BCUT2D eigenvalue weighted by Crippen LogP contribution is -2.39. The Morgan fingerprint density at radius 2 is 1.78 bits per heavy atom. The summed E-state index contributed by atoms with van der Waals surface area (Å²) in [6.07, 6.45) is 0.458. The summed E-state index contributed by atoms with van der Waals surface area (Å²) in [5.41, 5.74) is 0. The molecular formula is C13H26N2O3. The van der Waals surface area contributed by atoms with Gasteiger partial charge in [0.25, 0.3) is 0 Å². The van der Waals surface area contributed by atoms with Crippen LogP contribution in [0.25, 0.3) is 0 Å². The maximum Gasteiger partial charge on any atom is 0.309 e. The van der Waals surface area contributed by atoms with Crippen molar-refractivity contribution in [3.63, 3.8) is 0 Å². The predicted octanol–water partition coefficient (Wildman–Crippen LogP) is 1.03. The Hall–Kier alpha value is -1.10. The van der Waals surface area contributed by atoms with Crippen molar-refractivity contribution < 1.29 is 14.3 Å². The number of methoxy groups -OCH3 is 1. The smallest absolute Gasteiger partial charge is 0.309 e. The van der Waals surface area contributed by atoms with Crippen LogP contribution in [0.4, 0.5) is 0 Å². The second kappa shape index (κ2) is 8.91. The molecule has 0 aromatic heterocycles. The number of rotatable bonds is 8. The van der Waals surface area contributed by atoms with Gasteiger partial charge in [-0.2, -0.15) is 0 Å². The van der Waals surface area contributed by atoms with Crippen molar-refractivity contribution in [3.05, 3.63) is 0 Å². The molecule has 106 valence electrons. The quantitative estimate of drug-likeness (QED) is 0.661. The highest BCUT2D eigenvalue weighted by Gasteiger charge is 2.20. The summed E-state index contributed by atoms with van der Waals surface area (Å²) in [6.45, 7) is 9.73. The van der Waals surface area contributed by atoms with Crippen LogP contribution < -0.4 is 5.32 Å². The van der Waals surface area contributed by atoms with Gasteiger partial charge in [0.05, 0.1) is 13.0 Å². The van der Waals surface area contributed by atoms with E-state index < -0.39 is 0 Å². The fourth-order valence-electron chi connectivity index (χ4n) is 1.71. The first-order valence-electron chi connectivity index (χ1n) is 6.56. The monoisotopic (exact) mass is 258 g/mol. The van der Waals surface area contributed by atoms with Gasteiger partial charge < -0.3 is 15.0 Å². The van der Waals surface area contributed by atoms with Crippen LogP contribution in [0, 0.1) is 5.92 Å². The Kier molecular flexibility index (Phi) is 8.37. The van der Waals surface area contributed by atoms with Crippen LogP contribution >= 0.6 is 0 Å². The minimum absolute atomic E-state index is 0.00181. The molecule has 0 aliphatic carbocycles. The number of esters is 1. The Labute approximate surface area is 110 Å². The van der Waals surface area contributed by atoms with E-state index in [0.717, 1.165) is 13.1 Å². The van der Waals surface area contributed by atoms with E-state index in [2.05, 4.69) is 10.1 Å². The fourth-order valence-corrected chi connectivity index (χ4v) is 1.71. The zero-order valence-corrected chi connectivity index (χ0v) is 12.2. The van der Waals surface area contributed by atoms with Gasteiger partial charge in [-0.15, -0.1) is 0 Å². The molecule has 1 amide bonds. The molecule has 5 nitrogen and oxygen atoms in total. The molecule has 0 saturated heterocycles. The summed E-state index contributed by atoms with van der Waals surface area (Å²) in [5, 5.41) is 3.18. The van der Waals surface area contributed by atoms with E-state index in [1.165, 1.54) is 7.11 Å². The van der Waals surface area contributed by atoms with Crippen molar-refractivity contribution >= 4 is 11.9 Å². The molecule has 5 heteroatoms. The molecule has 0 spiro atoms. The second-order valence-electron chi connectivity index (χ2n) is 4.37. The Balaban J connectivity index is 3.97. The summed E-state index contributed by atoms with van der Waals surface area (Å²) >= 11 is 0. The van der Waals surface area contributed by atoms with Crippen LogP contribution in [0.5, 0.6) is 0 Å². The van der Waals surface area contributed by atoms with Crippen molar-refractivity contribution in [1.82, 2.24) is 10.2 Å². The molecule has 1 N–H and O–H groups in total. The van der Waals surface area contributed by atoms with Gasteiger partial charge in [-0.25, -0.2) is 0 Å². The molecule has 2 atom stereocenters. The van der Waals surface area contributed by atoms with Gasteiger partial charge in [-0.3, -0.25) is 9.59 Å². The Morgan fingerprint density at radius 1 is 1.22 bits per heavy atom. The van der Waals surface area contributed by atoms with E-state index in [0.29, 0.717) is 13.0 Å². The van der Waals surface area contributed by atoms with E-state index in [9.17, 15) is 9.59 Å². The van der Waals surface area contributed by atoms with Crippen LogP contribution in [0.1, 0.15) is 34.1 Å². The predicted molar refractivity (Wildman–Crippen MR) is 71.2 cm³/mol. The minimum Gasteiger partial charge on any atom is -0.469 e. The van der Waals surface area contributed by atoms with Gasteiger partial charge in [0.15, 0.2) is 0 Å². The highest BCUT2D eigenvalue weighted by atomic mass is 16.5. The number of carbonyl (C=O) groups excluding carboxylic acids is 2. The van der Waals surface area contributed by atoms with Crippen molar-refractivity contribution in [2.24, 2.45) is 5.92 Å². The van der Waals surface area contributed by atoms with E-state index in [-0.39, 0.29) is 23.8 Å². The molecule has 0 aromatic rings. The van der Waals surface area contributed by atoms with Crippen LogP contribution in [-0.2, 0) is 14.3 Å². The van der Waals surface area contributed by atoms with Crippen molar-refractivity contribution in [1.29, 1.82) is 0 Å². The van der Waals surface area contributed by atoms with Gasteiger partial charge in [0, 0.05) is 32.1 Å². The lowest BCUT2D eigenvalue weighted by Gasteiger charge is -2.21. The average Bonchev–Trinajstić information content (AvgIpc) is 2.38. The molecule has 0 heterocycles. The zero-order valence-electron chi connectivity index (χ0n) is 12.2. The van der Waals surface area contributed by atoms with Gasteiger partial charge in [-0.1, -0.05) is 6.92 Å². The summed E-state index contributed by atoms with van der Waals surface area (Å²) in [7, 11) is 1.38. The van der Waals surface area contributed by atoms with Gasteiger partial charge in [0.2, 0.25) is 5.91 Å². The topological polar surface area (TPSA) is 58.6 Å².